The summed E-state index contributed by atoms with van der Waals surface area (Å²) < 4.78 is 21.6. The predicted octanol–water partition coefficient (Wildman–Crippen LogP) is 2.13. The summed E-state index contributed by atoms with van der Waals surface area (Å²) >= 11 is 0. The van der Waals surface area contributed by atoms with Gasteiger partial charge in [0.25, 0.3) is 5.56 Å². The van der Waals surface area contributed by atoms with Crippen LogP contribution in [0.3, 0.4) is 0 Å². The van der Waals surface area contributed by atoms with E-state index in [0.29, 0.717) is 30.4 Å². The number of pyridine rings is 1. The molecule has 1 aliphatic carbocycles. The number of aromatic nitrogens is 3. The van der Waals surface area contributed by atoms with Gasteiger partial charge in [0.1, 0.15) is 0 Å². The Bertz CT molecular complexity index is 836. The van der Waals surface area contributed by atoms with Crippen molar-refractivity contribution in [3.8, 4) is 11.3 Å². The van der Waals surface area contributed by atoms with Gasteiger partial charge in [-0.3, -0.25) is 14.3 Å². The van der Waals surface area contributed by atoms with Crippen LogP contribution in [0.15, 0.2) is 29.3 Å². The zero-order valence-corrected chi connectivity index (χ0v) is 14.2. The molecule has 0 spiro atoms. The minimum atomic E-state index is -0.480. The Kier molecular flexibility index (Phi) is 4.25. The number of anilines is 1. The average molecular weight is 344 g/mol. The molecule has 0 radical (unpaired) electrons. The molecular formula is C18H21FN4O2. The summed E-state index contributed by atoms with van der Waals surface area (Å²) in [6.07, 6.45) is 7.20. The maximum Gasteiger partial charge on any atom is 0.255 e. The molecule has 2 aromatic rings. The first kappa shape index (κ1) is 16.2. The summed E-state index contributed by atoms with van der Waals surface area (Å²) in [7, 11) is 1.71. The van der Waals surface area contributed by atoms with Crippen molar-refractivity contribution in [2.75, 3.05) is 18.1 Å². The molecule has 0 N–H and O–H groups in total. The summed E-state index contributed by atoms with van der Waals surface area (Å²) in [5.74, 6) is 0.102. The molecule has 25 heavy (non-hydrogen) atoms. The Morgan fingerprint density at radius 1 is 1.32 bits per heavy atom. The van der Waals surface area contributed by atoms with Crippen LogP contribution in [0.5, 0.6) is 0 Å². The fourth-order valence-electron chi connectivity index (χ4n) is 3.85. The highest BCUT2D eigenvalue weighted by Gasteiger charge is 2.36. The number of fused-ring (bicyclic) bond motifs is 1. The molecule has 3 heterocycles. The smallest absolute Gasteiger partial charge is 0.255 e. The molecule has 2 atom stereocenters. The molecule has 0 amide bonds. The third-order valence-electron chi connectivity index (χ3n) is 5.15. The van der Waals surface area contributed by atoms with Gasteiger partial charge >= 0.3 is 0 Å². The van der Waals surface area contributed by atoms with Crippen LogP contribution in [-0.4, -0.2) is 39.8 Å². The first-order chi connectivity index (χ1) is 12.1. The number of halogens is 1. The van der Waals surface area contributed by atoms with Gasteiger partial charge < -0.3 is 9.64 Å². The first-order valence-electron chi connectivity index (χ1n) is 8.71. The zero-order chi connectivity index (χ0) is 17.4. The lowest BCUT2D eigenvalue weighted by molar-refractivity contribution is -0.00959. The van der Waals surface area contributed by atoms with Crippen LogP contribution in [-0.2, 0) is 11.8 Å². The molecule has 1 saturated heterocycles. The quantitative estimate of drug-likeness (QED) is 0.835. The molecule has 7 heteroatoms. The predicted molar refractivity (Wildman–Crippen MR) is 92.0 cm³/mol. The van der Waals surface area contributed by atoms with Crippen molar-refractivity contribution in [1.82, 2.24) is 14.5 Å². The summed E-state index contributed by atoms with van der Waals surface area (Å²) in [6, 6.07) is 3.14. The van der Waals surface area contributed by atoms with Crippen LogP contribution in [0.1, 0.15) is 25.7 Å². The highest BCUT2D eigenvalue weighted by molar-refractivity contribution is 5.60. The van der Waals surface area contributed by atoms with Gasteiger partial charge in [0.2, 0.25) is 5.95 Å². The van der Waals surface area contributed by atoms with Crippen molar-refractivity contribution in [1.29, 1.82) is 0 Å². The van der Waals surface area contributed by atoms with Crippen molar-refractivity contribution in [3.63, 3.8) is 0 Å². The molecule has 2 aliphatic rings. The van der Waals surface area contributed by atoms with Crippen molar-refractivity contribution < 1.29 is 9.13 Å². The van der Waals surface area contributed by atoms with Crippen LogP contribution in [0.2, 0.25) is 0 Å². The van der Waals surface area contributed by atoms with Gasteiger partial charge in [0.05, 0.1) is 30.6 Å². The lowest BCUT2D eigenvalue weighted by Gasteiger charge is -2.44. The fourth-order valence-corrected chi connectivity index (χ4v) is 3.85. The van der Waals surface area contributed by atoms with Crippen molar-refractivity contribution >= 4 is 5.95 Å². The van der Waals surface area contributed by atoms with Crippen LogP contribution in [0.4, 0.5) is 10.3 Å². The zero-order valence-electron chi connectivity index (χ0n) is 14.2. The normalized spacial score (nSPS) is 23.4. The van der Waals surface area contributed by atoms with Gasteiger partial charge in [-0.25, -0.2) is 9.37 Å². The summed E-state index contributed by atoms with van der Waals surface area (Å²) in [6.45, 7) is 1.30. The largest absolute Gasteiger partial charge is 0.374 e. The molecule has 4 rings (SSSR count). The Labute approximate surface area is 145 Å². The van der Waals surface area contributed by atoms with E-state index in [9.17, 15) is 9.18 Å². The molecular weight excluding hydrogens is 323 g/mol. The van der Waals surface area contributed by atoms with E-state index in [4.69, 9.17) is 4.74 Å². The summed E-state index contributed by atoms with van der Waals surface area (Å²) in [5.41, 5.74) is 0.439. The number of hydrogen-bond acceptors (Lipinski definition) is 5. The monoisotopic (exact) mass is 344 g/mol. The molecule has 0 aromatic carbocycles. The van der Waals surface area contributed by atoms with Crippen molar-refractivity contribution in [2.45, 2.75) is 37.8 Å². The maximum atomic E-state index is 14.1. The number of ether oxygens (including phenoxy) is 1. The van der Waals surface area contributed by atoms with Crippen LogP contribution in [0.25, 0.3) is 11.3 Å². The maximum absolute atomic E-state index is 14.1. The molecule has 132 valence electrons. The van der Waals surface area contributed by atoms with Crippen molar-refractivity contribution in [2.24, 2.45) is 7.05 Å². The molecule has 1 aliphatic heterocycles. The Morgan fingerprint density at radius 3 is 3.00 bits per heavy atom. The Balaban J connectivity index is 1.79. The van der Waals surface area contributed by atoms with Gasteiger partial charge in [-0.05, 0) is 18.9 Å². The highest BCUT2D eigenvalue weighted by Crippen LogP contribution is 2.31. The Hall–Kier alpha value is -2.28. The van der Waals surface area contributed by atoms with Gasteiger partial charge in [-0.1, -0.05) is 12.8 Å². The fraction of sp³-hybridized carbons (Fsp3) is 0.500. The van der Waals surface area contributed by atoms with Gasteiger partial charge in [0, 0.05) is 31.4 Å². The second-order valence-corrected chi connectivity index (χ2v) is 6.65. The second kappa shape index (κ2) is 6.55. The lowest BCUT2D eigenvalue weighted by Crippen LogP contribution is -2.54. The number of nitrogens with zero attached hydrogens (tertiary/aromatic N) is 4. The van der Waals surface area contributed by atoms with E-state index in [2.05, 4.69) is 14.9 Å². The highest BCUT2D eigenvalue weighted by atomic mass is 19.1. The lowest BCUT2D eigenvalue weighted by atomic mass is 9.90. The van der Waals surface area contributed by atoms with Crippen LogP contribution < -0.4 is 10.5 Å². The topological polar surface area (TPSA) is 60.2 Å². The molecule has 2 aromatic heterocycles. The van der Waals surface area contributed by atoms with Crippen molar-refractivity contribution in [3.05, 3.63) is 40.7 Å². The van der Waals surface area contributed by atoms with E-state index in [0.717, 1.165) is 25.5 Å². The average Bonchev–Trinajstić information content (AvgIpc) is 2.64. The van der Waals surface area contributed by atoms with E-state index in [1.165, 1.54) is 18.7 Å². The summed E-state index contributed by atoms with van der Waals surface area (Å²) in [4.78, 5) is 23.0. The number of morpholine rings is 1. The third kappa shape index (κ3) is 2.93. The van der Waals surface area contributed by atoms with Crippen LogP contribution in [0, 0.1) is 5.82 Å². The minimum Gasteiger partial charge on any atom is -0.374 e. The third-order valence-corrected chi connectivity index (χ3v) is 5.15. The first-order valence-corrected chi connectivity index (χ1v) is 8.71. The van der Waals surface area contributed by atoms with E-state index < -0.39 is 5.82 Å². The molecule has 0 unspecified atom stereocenters. The minimum absolute atomic E-state index is 0.181. The molecule has 6 nitrogen and oxygen atoms in total. The summed E-state index contributed by atoms with van der Waals surface area (Å²) in [5, 5.41) is 0. The van der Waals surface area contributed by atoms with E-state index >= 15 is 0 Å². The van der Waals surface area contributed by atoms with Gasteiger partial charge in [0.15, 0.2) is 5.82 Å². The van der Waals surface area contributed by atoms with E-state index in [1.807, 2.05) is 0 Å². The molecule has 0 bridgehead atoms. The second-order valence-electron chi connectivity index (χ2n) is 6.65. The number of rotatable bonds is 2. The van der Waals surface area contributed by atoms with E-state index in [-0.39, 0.29) is 17.7 Å². The van der Waals surface area contributed by atoms with E-state index in [1.54, 1.807) is 17.7 Å². The number of hydrogen-bond donors (Lipinski definition) is 0. The standard InChI is InChI=1S/C18H21FN4O2/c1-22-17(24)10-14(12-6-7-20-11-13(12)19)21-18(22)23-8-9-25-16-5-3-2-4-15(16)23/h6-7,10-11,15-16H,2-5,8-9H2,1H3/t15-,16-/m0/s1. The molecule has 1 saturated carbocycles. The molecule has 2 fully saturated rings. The SMILES string of the molecule is Cn1c(N2CCO[C@H]3CCCC[C@@H]32)nc(-c2ccncc2F)cc1=O. The van der Waals surface area contributed by atoms with Gasteiger partial charge in [-0.2, -0.15) is 0 Å². The Morgan fingerprint density at radius 2 is 2.16 bits per heavy atom. The van der Waals surface area contributed by atoms with Gasteiger partial charge in [-0.15, -0.1) is 0 Å². The van der Waals surface area contributed by atoms with Crippen LogP contribution >= 0.6 is 0 Å².